The molecule has 1 aromatic rings. The third-order valence-corrected chi connectivity index (χ3v) is 2.41. The molecule has 108 valence electrons. The topological polar surface area (TPSA) is 117 Å². The van der Waals surface area contributed by atoms with Crippen LogP contribution < -0.4 is 16.2 Å². The monoisotopic (exact) mass is 279 g/mol. The van der Waals surface area contributed by atoms with Crippen molar-refractivity contribution in [1.29, 1.82) is 0 Å². The van der Waals surface area contributed by atoms with Gasteiger partial charge in [-0.3, -0.25) is 4.79 Å². The second-order valence-electron chi connectivity index (χ2n) is 3.80. The Morgan fingerprint density at radius 2 is 1.85 bits per heavy atom. The molecular formula is C13H17N3O4. The Kier molecular flexibility index (Phi) is 5.52. The van der Waals surface area contributed by atoms with E-state index >= 15 is 0 Å². The van der Waals surface area contributed by atoms with Crippen molar-refractivity contribution in [3.05, 3.63) is 29.8 Å². The summed E-state index contributed by atoms with van der Waals surface area (Å²) in [5.41, 5.74) is 10.8. The van der Waals surface area contributed by atoms with Crippen molar-refractivity contribution >= 4 is 17.7 Å². The Balaban J connectivity index is 3.02. The van der Waals surface area contributed by atoms with E-state index in [2.05, 4.69) is 4.99 Å². The molecule has 0 aliphatic carbocycles. The maximum atomic E-state index is 12.2. The minimum atomic E-state index is -1.40. The van der Waals surface area contributed by atoms with Gasteiger partial charge < -0.3 is 20.9 Å². The van der Waals surface area contributed by atoms with E-state index in [1.165, 1.54) is 19.2 Å². The number of nitrogens with two attached hydrogens (primary N) is 2. The van der Waals surface area contributed by atoms with Crippen LogP contribution in [-0.4, -0.2) is 37.5 Å². The van der Waals surface area contributed by atoms with Crippen LogP contribution in [-0.2, 0) is 9.53 Å². The van der Waals surface area contributed by atoms with Crippen molar-refractivity contribution in [2.45, 2.75) is 13.0 Å². The maximum absolute atomic E-state index is 12.2. The normalized spacial score (nSPS) is 11.3. The molecule has 0 saturated carbocycles. The Bertz CT molecular complexity index is 507. The van der Waals surface area contributed by atoms with E-state index in [4.69, 9.17) is 20.9 Å². The number of carbonyl (C=O) groups excluding carboxylic acids is 2. The maximum Gasteiger partial charge on any atom is 0.339 e. The summed E-state index contributed by atoms with van der Waals surface area (Å²) < 4.78 is 9.78. The molecule has 20 heavy (non-hydrogen) atoms. The summed E-state index contributed by atoms with van der Waals surface area (Å²) in [5, 5.41) is 0. The second-order valence-corrected chi connectivity index (χ2v) is 3.80. The first kappa shape index (κ1) is 15.5. The van der Waals surface area contributed by atoms with Gasteiger partial charge in [0.2, 0.25) is 6.04 Å². The molecule has 1 unspecified atom stereocenters. The number of benzene rings is 1. The van der Waals surface area contributed by atoms with Crippen LogP contribution in [0.15, 0.2) is 29.3 Å². The molecule has 0 amide bonds. The highest BCUT2D eigenvalue weighted by Gasteiger charge is 2.28. The van der Waals surface area contributed by atoms with E-state index < -0.39 is 17.8 Å². The molecule has 7 nitrogen and oxygen atoms in total. The molecule has 4 N–H and O–H groups in total. The van der Waals surface area contributed by atoms with Crippen LogP contribution in [0.5, 0.6) is 5.75 Å². The Morgan fingerprint density at radius 3 is 2.30 bits per heavy atom. The summed E-state index contributed by atoms with van der Waals surface area (Å²) in [6.07, 6.45) is 0. The van der Waals surface area contributed by atoms with Gasteiger partial charge in [-0.05, 0) is 31.2 Å². The number of guanidine groups is 1. The molecule has 1 rings (SSSR count). The zero-order chi connectivity index (χ0) is 15.1. The van der Waals surface area contributed by atoms with Crippen LogP contribution in [0.25, 0.3) is 0 Å². The number of nitrogens with zero attached hydrogens (tertiary/aromatic N) is 1. The first-order chi connectivity index (χ1) is 9.49. The van der Waals surface area contributed by atoms with Crippen LogP contribution in [0.4, 0.5) is 0 Å². The minimum absolute atomic E-state index is 0.130. The fourth-order valence-corrected chi connectivity index (χ4v) is 1.50. The fraction of sp³-hybridized carbons (Fsp3) is 0.308. The Hall–Kier alpha value is -2.57. The zero-order valence-corrected chi connectivity index (χ0v) is 11.3. The molecule has 0 aliphatic heterocycles. The molecule has 0 saturated heterocycles. The SMILES string of the molecule is CCOC(=O)C(N=C(N)N)C(=O)c1ccc(OC)cc1. The molecule has 0 fully saturated rings. The van der Waals surface area contributed by atoms with Crippen molar-refractivity contribution in [3.63, 3.8) is 0 Å². The lowest BCUT2D eigenvalue weighted by Gasteiger charge is -2.11. The molecule has 0 bridgehead atoms. The molecular weight excluding hydrogens is 262 g/mol. The van der Waals surface area contributed by atoms with Gasteiger partial charge in [-0.1, -0.05) is 0 Å². The Labute approximate surface area is 116 Å². The molecule has 0 aromatic heterocycles. The average molecular weight is 279 g/mol. The van der Waals surface area contributed by atoms with E-state index in [-0.39, 0.29) is 18.1 Å². The average Bonchev–Trinajstić information content (AvgIpc) is 2.44. The van der Waals surface area contributed by atoms with Gasteiger partial charge >= 0.3 is 5.97 Å². The van der Waals surface area contributed by atoms with Gasteiger partial charge in [-0.25, -0.2) is 9.79 Å². The predicted octanol–water partition coefficient (Wildman–Crippen LogP) is 0.0830. The van der Waals surface area contributed by atoms with E-state index in [1.54, 1.807) is 19.1 Å². The largest absolute Gasteiger partial charge is 0.497 e. The molecule has 1 aromatic carbocycles. The number of esters is 1. The van der Waals surface area contributed by atoms with E-state index in [0.29, 0.717) is 5.75 Å². The number of Topliss-reactive ketones (excluding diaryl/α,β-unsaturated/α-hetero) is 1. The smallest absolute Gasteiger partial charge is 0.339 e. The van der Waals surface area contributed by atoms with E-state index in [9.17, 15) is 9.59 Å². The highest BCUT2D eigenvalue weighted by molar-refractivity contribution is 6.13. The summed E-state index contributed by atoms with van der Waals surface area (Å²) in [4.78, 5) is 27.6. The second kappa shape index (κ2) is 7.13. The lowest BCUT2D eigenvalue weighted by molar-refractivity contribution is -0.143. The molecule has 1 atom stereocenters. The lowest BCUT2D eigenvalue weighted by Crippen LogP contribution is -2.35. The number of ether oxygens (including phenoxy) is 2. The van der Waals surface area contributed by atoms with Crippen LogP contribution in [0.1, 0.15) is 17.3 Å². The minimum Gasteiger partial charge on any atom is -0.497 e. The van der Waals surface area contributed by atoms with Crippen molar-refractivity contribution in [3.8, 4) is 5.75 Å². The van der Waals surface area contributed by atoms with E-state index in [1.807, 2.05) is 0 Å². The van der Waals surface area contributed by atoms with Gasteiger partial charge in [-0.15, -0.1) is 0 Å². The van der Waals surface area contributed by atoms with Crippen LogP contribution in [0, 0.1) is 0 Å². The van der Waals surface area contributed by atoms with Gasteiger partial charge in [0.05, 0.1) is 13.7 Å². The van der Waals surface area contributed by atoms with Gasteiger partial charge in [-0.2, -0.15) is 0 Å². The number of ketones is 1. The van der Waals surface area contributed by atoms with Gasteiger partial charge in [0, 0.05) is 5.56 Å². The number of carbonyl (C=O) groups is 2. The first-order valence-electron chi connectivity index (χ1n) is 5.93. The molecule has 0 aliphatic rings. The third kappa shape index (κ3) is 3.98. The number of hydrogen-bond acceptors (Lipinski definition) is 5. The summed E-state index contributed by atoms with van der Waals surface area (Å²) in [5.74, 6) is -1.10. The van der Waals surface area contributed by atoms with Crippen molar-refractivity contribution in [2.24, 2.45) is 16.5 Å². The van der Waals surface area contributed by atoms with E-state index in [0.717, 1.165) is 0 Å². The van der Waals surface area contributed by atoms with Crippen LogP contribution in [0.2, 0.25) is 0 Å². The zero-order valence-electron chi connectivity index (χ0n) is 11.3. The van der Waals surface area contributed by atoms with Crippen molar-refractivity contribution < 1.29 is 19.1 Å². The van der Waals surface area contributed by atoms with Crippen molar-refractivity contribution in [1.82, 2.24) is 0 Å². The highest BCUT2D eigenvalue weighted by atomic mass is 16.5. The summed E-state index contributed by atoms with van der Waals surface area (Å²) in [6, 6.07) is 4.86. The molecule has 0 radical (unpaired) electrons. The van der Waals surface area contributed by atoms with Gasteiger partial charge in [0.1, 0.15) is 5.75 Å². The summed E-state index contributed by atoms with van der Waals surface area (Å²) in [7, 11) is 1.51. The summed E-state index contributed by atoms with van der Waals surface area (Å²) in [6.45, 7) is 1.76. The highest BCUT2D eigenvalue weighted by Crippen LogP contribution is 2.14. The molecule has 0 heterocycles. The predicted molar refractivity (Wildman–Crippen MR) is 73.6 cm³/mol. The Morgan fingerprint density at radius 1 is 1.25 bits per heavy atom. The molecule has 0 spiro atoms. The number of rotatable bonds is 6. The summed E-state index contributed by atoms with van der Waals surface area (Å²) >= 11 is 0. The molecule has 7 heteroatoms. The van der Waals surface area contributed by atoms with Crippen molar-refractivity contribution in [2.75, 3.05) is 13.7 Å². The number of aliphatic imine (C=N–C) groups is 1. The number of hydrogen-bond donors (Lipinski definition) is 2. The van der Waals surface area contributed by atoms with Crippen LogP contribution >= 0.6 is 0 Å². The fourth-order valence-electron chi connectivity index (χ4n) is 1.50. The first-order valence-corrected chi connectivity index (χ1v) is 5.93. The number of methoxy groups -OCH3 is 1. The lowest BCUT2D eigenvalue weighted by atomic mass is 10.0. The standard InChI is InChI=1S/C13H17N3O4/c1-3-20-12(18)10(16-13(14)15)11(17)8-4-6-9(19-2)7-5-8/h4-7,10H,3H2,1-2H3,(H4,14,15,16). The van der Waals surface area contributed by atoms with Gasteiger partial charge in [0.25, 0.3) is 0 Å². The quantitative estimate of drug-likeness (QED) is 0.250. The van der Waals surface area contributed by atoms with Crippen LogP contribution in [0.3, 0.4) is 0 Å². The van der Waals surface area contributed by atoms with Gasteiger partial charge in [0.15, 0.2) is 11.7 Å². The third-order valence-electron chi connectivity index (χ3n) is 2.41.